The van der Waals surface area contributed by atoms with Crippen LogP contribution in [-0.2, 0) is 11.2 Å². The highest BCUT2D eigenvalue weighted by molar-refractivity contribution is 6.42. The predicted octanol–water partition coefficient (Wildman–Crippen LogP) is 5.81. The zero-order valence-electron chi connectivity index (χ0n) is 14.3. The van der Waals surface area contributed by atoms with Crippen LogP contribution in [0.2, 0.25) is 10.0 Å². The van der Waals surface area contributed by atoms with Crippen LogP contribution in [0.4, 0.5) is 0 Å². The van der Waals surface area contributed by atoms with Gasteiger partial charge in [-0.05, 0) is 55.5 Å². The van der Waals surface area contributed by atoms with E-state index in [9.17, 15) is 4.79 Å². The maximum Gasteiger partial charge on any atom is 0.220 e. The first kappa shape index (κ1) is 18.8. The molecule has 0 radical (unpaired) electrons. The van der Waals surface area contributed by atoms with Gasteiger partial charge in [0.2, 0.25) is 5.91 Å². The Morgan fingerprint density at radius 2 is 1.83 bits per heavy atom. The first-order valence-corrected chi connectivity index (χ1v) is 8.96. The highest BCUT2D eigenvalue weighted by Gasteiger charge is 2.15. The number of rotatable bonds is 6. The molecule has 0 aliphatic rings. The number of benzene rings is 2. The topological polar surface area (TPSA) is 29.1 Å². The summed E-state index contributed by atoms with van der Waals surface area (Å²) in [6, 6.07) is 11.9. The van der Waals surface area contributed by atoms with Crippen LogP contribution in [0.3, 0.4) is 0 Å². The van der Waals surface area contributed by atoms with Crippen LogP contribution in [0.25, 0.3) is 0 Å². The molecule has 2 aromatic rings. The molecule has 4 heteroatoms. The molecule has 2 rings (SSSR count). The number of hydrogen-bond donors (Lipinski definition) is 1. The Morgan fingerprint density at radius 1 is 1.08 bits per heavy atom. The molecule has 0 unspecified atom stereocenters. The van der Waals surface area contributed by atoms with Gasteiger partial charge in [-0.2, -0.15) is 0 Å². The monoisotopic (exact) mass is 363 g/mol. The SMILES string of the molecule is CC[C@H](NC(=O)CCc1ccc(Cl)c(Cl)c1)c1ccc(C)cc1C. The van der Waals surface area contributed by atoms with Crippen molar-refractivity contribution < 1.29 is 4.79 Å². The fourth-order valence-electron chi connectivity index (χ4n) is 2.84. The van der Waals surface area contributed by atoms with E-state index >= 15 is 0 Å². The van der Waals surface area contributed by atoms with Gasteiger partial charge in [0, 0.05) is 6.42 Å². The summed E-state index contributed by atoms with van der Waals surface area (Å²) < 4.78 is 0. The van der Waals surface area contributed by atoms with E-state index in [0.29, 0.717) is 22.9 Å². The molecule has 1 amide bonds. The number of hydrogen-bond acceptors (Lipinski definition) is 1. The molecule has 1 atom stereocenters. The molecule has 0 aromatic heterocycles. The summed E-state index contributed by atoms with van der Waals surface area (Å²) in [5.41, 5.74) is 4.65. The summed E-state index contributed by atoms with van der Waals surface area (Å²) in [5.74, 6) is 0.0490. The Morgan fingerprint density at radius 3 is 2.46 bits per heavy atom. The van der Waals surface area contributed by atoms with Crippen molar-refractivity contribution in [2.24, 2.45) is 0 Å². The lowest BCUT2D eigenvalue weighted by molar-refractivity contribution is -0.121. The van der Waals surface area contributed by atoms with Crippen LogP contribution < -0.4 is 5.32 Å². The molecule has 0 fully saturated rings. The van der Waals surface area contributed by atoms with Crippen LogP contribution in [0.15, 0.2) is 36.4 Å². The van der Waals surface area contributed by atoms with Gasteiger partial charge in [0.1, 0.15) is 0 Å². The van der Waals surface area contributed by atoms with Gasteiger partial charge in [-0.25, -0.2) is 0 Å². The molecule has 2 aromatic carbocycles. The third-order valence-electron chi connectivity index (χ3n) is 4.17. The fourth-order valence-corrected chi connectivity index (χ4v) is 3.16. The minimum Gasteiger partial charge on any atom is -0.349 e. The van der Waals surface area contributed by atoms with E-state index in [4.69, 9.17) is 23.2 Å². The molecule has 128 valence electrons. The largest absolute Gasteiger partial charge is 0.349 e. The lowest BCUT2D eigenvalue weighted by Crippen LogP contribution is -2.28. The Hall–Kier alpha value is -1.51. The first-order chi connectivity index (χ1) is 11.4. The highest BCUT2D eigenvalue weighted by Crippen LogP contribution is 2.24. The standard InChI is InChI=1S/C20H23Cl2NO/c1-4-19(16-8-5-13(2)11-14(16)3)23-20(24)10-7-15-6-9-17(21)18(22)12-15/h5-6,8-9,11-12,19H,4,7,10H2,1-3H3,(H,23,24)/t19-/m0/s1. The van der Waals surface area contributed by atoms with Gasteiger partial charge in [-0.1, -0.05) is 60.0 Å². The Kier molecular flexibility index (Phi) is 6.70. The Labute approximate surface area is 154 Å². The highest BCUT2D eigenvalue weighted by atomic mass is 35.5. The number of nitrogens with one attached hydrogen (secondary N) is 1. The second-order valence-corrected chi connectivity index (χ2v) is 6.95. The molecule has 24 heavy (non-hydrogen) atoms. The van der Waals surface area contributed by atoms with E-state index in [2.05, 4.69) is 44.3 Å². The normalized spacial score (nSPS) is 12.0. The summed E-state index contributed by atoms with van der Waals surface area (Å²) in [4.78, 5) is 12.3. The molecule has 0 bridgehead atoms. The molecule has 0 saturated heterocycles. The Bertz CT molecular complexity index is 728. The van der Waals surface area contributed by atoms with Crippen molar-refractivity contribution in [3.63, 3.8) is 0 Å². The van der Waals surface area contributed by atoms with Crippen LogP contribution >= 0.6 is 23.2 Å². The van der Waals surface area contributed by atoms with Crippen LogP contribution in [0.5, 0.6) is 0 Å². The van der Waals surface area contributed by atoms with Crippen molar-refractivity contribution in [1.82, 2.24) is 5.32 Å². The van der Waals surface area contributed by atoms with E-state index in [1.54, 1.807) is 6.07 Å². The molecule has 0 saturated carbocycles. The van der Waals surface area contributed by atoms with Gasteiger partial charge in [-0.15, -0.1) is 0 Å². The van der Waals surface area contributed by atoms with Crippen molar-refractivity contribution in [2.75, 3.05) is 0 Å². The van der Waals surface area contributed by atoms with Gasteiger partial charge >= 0.3 is 0 Å². The molecule has 0 aliphatic heterocycles. The van der Waals surface area contributed by atoms with Crippen LogP contribution in [-0.4, -0.2) is 5.91 Å². The minimum absolute atomic E-state index is 0.0481. The van der Waals surface area contributed by atoms with E-state index in [1.165, 1.54) is 16.7 Å². The zero-order valence-corrected chi connectivity index (χ0v) is 15.8. The third kappa shape index (κ3) is 4.99. The lowest BCUT2D eigenvalue weighted by Gasteiger charge is -2.20. The van der Waals surface area contributed by atoms with Crippen LogP contribution in [0, 0.1) is 13.8 Å². The van der Waals surface area contributed by atoms with E-state index in [-0.39, 0.29) is 11.9 Å². The van der Waals surface area contributed by atoms with Crippen LogP contribution in [0.1, 0.15) is 48.1 Å². The van der Waals surface area contributed by atoms with Crippen molar-refractivity contribution >= 4 is 29.1 Å². The average Bonchev–Trinajstić information content (AvgIpc) is 2.54. The number of carbonyl (C=O) groups is 1. The van der Waals surface area contributed by atoms with Crippen molar-refractivity contribution in [3.8, 4) is 0 Å². The van der Waals surface area contributed by atoms with Gasteiger partial charge in [0.05, 0.1) is 16.1 Å². The van der Waals surface area contributed by atoms with Crippen molar-refractivity contribution in [1.29, 1.82) is 0 Å². The van der Waals surface area contributed by atoms with Gasteiger partial charge in [-0.3, -0.25) is 4.79 Å². The predicted molar refractivity (Wildman–Crippen MR) is 102 cm³/mol. The van der Waals surface area contributed by atoms with Gasteiger partial charge in [0.15, 0.2) is 0 Å². The Balaban J connectivity index is 1.97. The van der Waals surface area contributed by atoms with Gasteiger partial charge in [0.25, 0.3) is 0 Å². The quantitative estimate of drug-likeness (QED) is 0.688. The molecule has 0 aliphatic carbocycles. The van der Waals surface area contributed by atoms with Gasteiger partial charge < -0.3 is 5.32 Å². The molecular weight excluding hydrogens is 341 g/mol. The maximum absolute atomic E-state index is 12.3. The zero-order chi connectivity index (χ0) is 17.7. The number of aryl methyl sites for hydroxylation is 3. The van der Waals surface area contributed by atoms with Crippen molar-refractivity contribution in [2.45, 2.75) is 46.1 Å². The minimum atomic E-state index is 0.0481. The van der Waals surface area contributed by atoms with Crippen molar-refractivity contribution in [3.05, 3.63) is 68.7 Å². The average molecular weight is 364 g/mol. The summed E-state index contributed by atoms with van der Waals surface area (Å²) in [7, 11) is 0. The third-order valence-corrected chi connectivity index (χ3v) is 4.91. The van der Waals surface area contributed by atoms with E-state index < -0.39 is 0 Å². The second kappa shape index (κ2) is 8.55. The summed E-state index contributed by atoms with van der Waals surface area (Å²) >= 11 is 11.9. The second-order valence-electron chi connectivity index (χ2n) is 6.14. The molecule has 0 heterocycles. The number of halogens is 2. The smallest absolute Gasteiger partial charge is 0.220 e. The molecule has 2 nitrogen and oxygen atoms in total. The first-order valence-electron chi connectivity index (χ1n) is 8.21. The molecule has 1 N–H and O–H groups in total. The molecular formula is C20H23Cl2NO. The summed E-state index contributed by atoms with van der Waals surface area (Å²) in [6.45, 7) is 6.25. The van der Waals surface area contributed by atoms with E-state index in [0.717, 1.165) is 12.0 Å². The number of carbonyl (C=O) groups excluding carboxylic acids is 1. The number of amides is 1. The maximum atomic E-state index is 12.3. The fraction of sp³-hybridized carbons (Fsp3) is 0.350. The molecule has 0 spiro atoms. The van der Waals surface area contributed by atoms with E-state index in [1.807, 2.05) is 12.1 Å². The summed E-state index contributed by atoms with van der Waals surface area (Å²) in [5, 5.41) is 4.20. The summed E-state index contributed by atoms with van der Waals surface area (Å²) in [6.07, 6.45) is 1.94. The lowest BCUT2D eigenvalue weighted by atomic mass is 9.97.